The summed E-state index contributed by atoms with van der Waals surface area (Å²) in [4.78, 5) is 0. The number of halogens is 1. The fourth-order valence-corrected chi connectivity index (χ4v) is 2.05. The highest BCUT2D eigenvalue weighted by molar-refractivity contribution is 5.39. The lowest BCUT2D eigenvalue weighted by molar-refractivity contribution is 0.174. The molecule has 0 saturated heterocycles. The van der Waals surface area contributed by atoms with Gasteiger partial charge in [-0.3, -0.25) is 0 Å². The Morgan fingerprint density at radius 2 is 1.84 bits per heavy atom. The largest absolute Gasteiger partial charge is 0.496 e. The summed E-state index contributed by atoms with van der Waals surface area (Å²) in [5.74, 6) is 0.403. The highest BCUT2D eigenvalue weighted by Gasteiger charge is 2.14. The van der Waals surface area contributed by atoms with Gasteiger partial charge >= 0.3 is 0 Å². The van der Waals surface area contributed by atoms with Gasteiger partial charge in [0.25, 0.3) is 0 Å². The average Bonchev–Trinajstić information content (AvgIpc) is 2.41. The standard InChI is InChI=1S/C16H17FO2/c1-11-3-8-14(16(9-11)19-2)15(18)10-12-4-6-13(17)7-5-12/h3-9,15,18H,10H2,1-2H3. The van der Waals surface area contributed by atoms with E-state index in [1.54, 1.807) is 19.2 Å². The molecule has 0 saturated carbocycles. The Labute approximate surface area is 112 Å². The number of hydrogen-bond acceptors (Lipinski definition) is 2. The van der Waals surface area contributed by atoms with Crippen LogP contribution in [0.25, 0.3) is 0 Å². The van der Waals surface area contributed by atoms with Crippen LogP contribution >= 0.6 is 0 Å². The maximum absolute atomic E-state index is 12.8. The van der Waals surface area contributed by atoms with Crippen molar-refractivity contribution in [3.8, 4) is 5.75 Å². The van der Waals surface area contributed by atoms with Crippen LogP contribution in [0.5, 0.6) is 5.75 Å². The molecule has 0 heterocycles. The van der Waals surface area contributed by atoms with Gasteiger partial charge in [0.15, 0.2) is 0 Å². The van der Waals surface area contributed by atoms with Crippen LogP contribution in [0.1, 0.15) is 22.8 Å². The van der Waals surface area contributed by atoms with Crippen molar-refractivity contribution >= 4 is 0 Å². The van der Waals surface area contributed by atoms with Gasteiger partial charge in [0.1, 0.15) is 11.6 Å². The first-order valence-electron chi connectivity index (χ1n) is 6.17. The Hall–Kier alpha value is -1.87. The van der Waals surface area contributed by atoms with E-state index in [4.69, 9.17) is 4.74 Å². The highest BCUT2D eigenvalue weighted by atomic mass is 19.1. The summed E-state index contributed by atoms with van der Waals surface area (Å²) >= 11 is 0. The molecule has 2 aromatic carbocycles. The second kappa shape index (κ2) is 5.85. The van der Waals surface area contributed by atoms with Crippen LogP contribution in [0.2, 0.25) is 0 Å². The molecule has 1 atom stereocenters. The first-order chi connectivity index (χ1) is 9.10. The predicted octanol–water partition coefficient (Wildman–Crippen LogP) is 3.42. The molecule has 2 nitrogen and oxygen atoms in total. The number of hydrogen-bond donors (Lipinski definition) is 1. The summed E-state index contributed by atoms with van der Waals surface area (Å²) in [6, 6.07) is 11.8. The Balaban J connectivity index is 2.19. The van der Waals surface area contributed by atoms with E-state index < -0.39 is 6.10 Å². The molecular formula is C16H17FO2. The van der Waals surface area contributed by atoms with Crippen molar-refractivity contribution in [3.05, 3.63) is 65.0 Å². The van der Waals surface area contributed by atoms with E-state index in [2.05, 4.69) is 0 Å². The van der Waals surface area contributed by atoms with Gasteiger partial charge in [0.2, 0.25) is 0 Å². The first-order valence-corrected chi connectivity index (χ1v) is 6.17. The SMILES string of the molecule is COc1cc(C)ccc1C(O)Cc1ccc(F)cc1. The van der Waals surface area contributed by atoms with Gasteiger partial charge in [-0.05, 0) is 36.2 Å². The van der Waals surface area contributed by atoms with Crippen LogP contribution in [-0.2, 0) is 6.42 Å². The second-order valence-corrected chi connectivity index (χ2v) is 4.59. The van der Waals surface area contributed by atoms with Crippen LogP contribution in [0.4, 0.5) is 4.39 Å². The molecule has 2 aromatic rings. The molecule has 0 radical (unpaired) electrons. The summed E-state index contributed by atoms with van der Waals surface area (Å²) in [5, 5.41) is 10.3. The van der Waals surface area contributed by atoms with Crippen molar-refractivity contribution in [1.29, 1.82) is 0 Å². The molecule has 3 heteroatoms. The third-order valence-corrected chi connectivity index (χ3v) is 3.09. The molecule has 100 valence electrons. The number of aryl methyl sites for hydroxylation is 1. The quantitative estimate of drug-likeness (QED) is 0.912. The van der Waals surface area contributed by atoms with Gasteiger partial charge in [-0.25, -0.2) is 4.39 Å². The molecule has 0 aliphatic rings. The average molecular weight is 260 g/mol. The number of rotatable bonds is 4. The zero-order valence-electron chi connectivity index (χ0n) is 11.1. The van der Waals surface area contributed by atoms with Crippen molar-refractivity contribution < 1.29 is 14.2 Å². The summed E-state index contributed by atoms with van der Waals surface area (Å²) < 4.78 is 18.1. The molecule has 2 rings (SSSR count). The van der Waals surface area contributed by atoms with Crippen LogP contribution in [0, 0.1) is 12.7 Å². The lowest BCUT2D eigenvalue weighted by Crippen LogP contribution is -2.04. The van der Waals surface area contributed by atoms with E-state index in [-0.39, 0.29) is 5.82 Å². The zero-order chi connectivity index (χ0) is 13.8. The van der Waals surface area contributed by atoms with E-state index >= 15 is 0 Å². The van der Waals surface area contributed by atoms with E-state index in [1.807, 2.05) is 25.1 Å². The van der Waals surface area contributed by atoms with Gasteiger partial charge in [-0.1, -0.05) is 24.3 Å². The Kier molecular flexibility index (Phi) is 4.17. The van der Waals surface area contributed by atoms with Crippen molar-refractivity contribution in [2.75, 3.05) is 7.11 Å². The number of benzene rings is 2. The van der Waals surface area contributed by atoms with Gasteiger partial charge in [0.05, 0.1) is 13.2 Å². The number of ether oxygens (including phenoxy) is 1. The van der Waals surface area contributed by atoms with Crippen molar-refractivity contribution in [2.24, 2.45) is 0 Å². The zero-order valence-corrected chi connectivity index (χ0v) is 11.1. The van der Waals surface area contributed by atoms with Gasteiger partial charge in [0, 0.05) is 12.0 Å². The van der Waals surface area contributed by atoms with E-state index in [9.17, 15) is 9.50 Å². The van der Waals surface area contributed by atoms with Crippen molar-refractivity contribution in [1.82, 2.24) is 0 Å². The summed E-state index contributed by atoms with van der Waals surface area (Å²) in [7, 11) is 1.59. The molecule has 0 amide bonds. The smallest absolute Gasteiger partial charge is 0.124 e. The van der Waals surface area contributed by atoms with Crippen LogP contribution in [0.15, 0.2) is 42.5 Å². The number of methoxy groups -OCH3 is 1. The highest BCUT2D eigenvalue weighted by Crippen LogP contribution is 2.28. The van der Waals surface area contributed by atoms with Gasteiger partial charge < -0.3 is 9.84 Å². The normalized spacial score (nSPS) is 12.2. The van der Waals surface area contributed by atoms with Gasteiger partial charge in [-0.15, -0.1) is 0 Å². The van der Waals surface area contributed by atoms with Crippen molar-refractivity contribution in [3.63, 3.8) is 0 Å². The Morgan fingerprint density at radius 1 is 1.16 bits per heavy atom. The molecule has 0 aromatic heterocycles. The fourth-order valence-electron chi connectivity index (χ4n) is 2.05. The topological polar surface area (TPSA) is 29.5 Å². The van der Waals surface area contributed by atoms with E-state index in [0.717, 1.165) is 16.7 Å². The van der Waals surface area contributed by atoms with E-state index in [1.165, 1.54) is 12.1 Å². The van der Waals surface area contributed by atoms with Crippen LogP contribution < -0.4 is 4.74 Å². The minimum Gasteiger partial charge on any atom is -0.496 e. The number of aliphatic hydroxyl groups excluding tert-OH is 1. The number of aliphatic hydroxyl groups is 1. The van der Waals surface area contributed by atoms with Gasteiger partial charge in [-0.2, -0.15) is 0 Å². The monoisotopic (exact) mass is 260 g/mol. The minimum absolute atomic E-state index is 0.272. The van der Waals surface area contributed by atoms with Crippen LogP contribution in [-0.4, -0.2) is 12.2 Å². The minimum atomic E-state index is -0.666. The van der Waals surface area contributed by atoms with E-state index in [0.29, 0.717) is 12.2 Å². The molecule has 0 aliphatic carbocycles. The maximum atomic E-state index is 12.8. The maximum Gasteiger partial charge on any atom is 0.124 e. The Bertz CT molecular complexity index is 549. The molecule has 19 heavy (non-hydrogen) atoms. The summed E-state index contributed by atoms with van der Waals surface area (Å²) in [6.07, 6.45) is -0.235. The fraction of sp³-hybridized carbons (Fsp3) is 0.250. The molecule has 0 aliphatic heterocycles. The molecule has 1 unspecified atom stereocenters. The lowest BCUT2D eigenvalue weighted by atomic mass is 9.99. The second-order valence-electron chi connectivity index (χ2n) is 4.59. The third-order valence-electron chi connectivity index (χ3n) is 3.09. The summed E-state index contributed by atoms with van der Waals surface area (Å²) in [6.45, 7) is 1.97. The van der Waals surface area contributed by atoms with Crippen molar-refractivity contribution in [2.45, 2.75) is 19.4 Å². The van der Waals surface area contributed by atoms with Crippen LogP contribution in [0.3, 0.4) is 0 Å². The molecule has 0 fully saturated rings. The molecule has 1 N–H and O–H groups in total. The third kappa shape index (κ3) is 3.32. The molecular weight excluding hydrogens is 243 g/mol. The lowest BCUT2D eigenvalue weighted by Gasteiger charge is -2.15. The summed E-state index contributed by atoms with van der Waals surface area (Å²) in [5.41, 5.74) is 2.71. The molecule has 0 bridgehead atoms. The predicted molar refractivity (Wildman–Crippen MR) is 72.8 cm³/mol. The first kappa shape index (κ1) is 13.6. The Morgan fingerprint density at radius 3 is 2.47 bits per heavy atom. The molecule has 0 spiro atoms.